The fourth-order valence-electron chi connectivity index (χ4n) is 3.37. The van der Waals surface area contributed by atoms with Gasteiger partial charge in [0.05, 0.1) is 17.8 Å². The number of alkyl halides is 3. The Hall–Kier alpha value is -3.23. The first-order valence-corrected chi connectivity index (χ1v) is 10.2. The highest BCUT2D eigenvalue weighted by molar-refractivity contribution is 5.94. The van der Waals surface area contributed by atoms with Gasteiger partial charge in [0.15, 0.2) is 0 Å². The van der Waals surface area contributed by atoms with Crippen LogP contribution in [0.4, 0.5) is 29.3 Å². The van der Waals surface area contributed by atoms with E-state index >= 15 is 0 Å². The summed E-state index contributed by atoms with van der Waals surface area (Å²) in [6, 6.07) is 10.4. The molecule has 0 bridgehead atoms. The van der Waals surface area contributed by atoms with Gasteiger partial charge in [-0.15, -0.1) is 0 Å². The number of benzene rings is 2. The standard InChI is InChI=1S/C23H26F3N3O3/c1-22(2,3)32-21(31)29-11-10-15-8-9-17(12-16(15)14-29)27-13-20(30)28-19-7-5-4-6-18(19)23(24,25)26/h4-9,12,27H,10-11,13-14H2,1-3H3,(H,28,30). The zero-order chi connectivity index (χ0) is 23.5. The minimum atomic E-state index is -4.56. The predicted molar refractivity (Wildman–Crippen MR) is 115 cm³/mol. The molecule has 0 atom stereocenters. The van der Waals surface area contributed by atoms with E-state index in [0.29, 0.717) is 25.2 Å². The third kappa shape index (κ3) is 6.15. The van der Waals surface area contributed by atoms with E-state index in [1.54, 1.807) is 11.0 Å². The first-order valence-electron chi connectivity index (χ1n) is 10.2. The molecule has 0 aliphatic carbocycles. The van der Waals surface area contributed by atoms with Crippen LogP contribution in [0.5, 0.6) is 0 Å². The Morgan fingerprint density at radius 2 is 1.78 bits per heavy atom. The van der Waals surface area contributed by atoms with E-state index in [4.69, 9.17) is 4.74 Å². The Morgan fingerprint density at radius 3 is 2.47 bits per heavy atom. The topological polar surface area (TPSA) is 70.7 Å². The van der Waals surface area contributed by atoms with Crippen molar-refractivity contribution in [3.63, 3.8) is 0 Å². The number of amides is 2. The molecule has 2 aromatic carbocycles. The highest BCUT2D eigenvalue weighted by Gasteiger charge is 2.33. The highest BCUT2D eigenvalue weighted by atomic mass is 19.4. The van der Waals surface area contributed by atoms with Crippen molar-refractivity contribution < 1.29 is 27.5 Å². The summed E-state index contributed by atoms with van der Waals surface area (Å²) in [6.45, 7) is 6.15. The fourth-order valence-corrected chi connectivity index (χ4v) is 3.37. The lowest BCUT2D eigenvalue weighted by atomic mass is 9.99. The van der Waals surface area contributed by atoms with E-state index < -0.39 is 23.2 Å². The van der Waals surface area contributed by atoms with E-state index in [-0.39, 0.29) is 18.3 Å². The number of ether oxygens (including phenoxy) is 1. The molecule has 1 heterocycles. The van der Waals surface area contributed by atoms with Crippen LogP contribution in [-0.4, -0.2) is 35.6 Å². The number of halogens is 3. The quantitative estimate of drug-likeness (QED) is 0.686. The Labute approximate surface area is 184 Å². The van der Waals surface area contributed by atoms with Gasteiger partial charge in [-0.2, -0.15) is 13.2 Å². The van der Waals surface area contributed by atoms with E-state index in [0.717, 1.165) is 17.2 Å². The molecule has 1 aliphatic rings. The van der Waals surface area contributed by atoms with Crippen LogP contribution < -0.4 is 10.6 Å². The summed E-state index contributed by atoms with van der Waals surface area (Å²) in [5, 5.41) is 5.23. The van der Waals surface area contributed by atoms with Gasteiger partial charge in [0.2, 0.25) is 5.91 Å². The number of fused-ring (bicyclic) bond motifs is 1. The van der Waals surface area contributed by atoms with Gasteiger partial charge in [0, 0.05) is 18.8 Å². The molecule has 172 valence electrons. The average molecular weight is 449 g/mol. The third-order valence-corrected chi connectivity index (χ3v) is 4.83. The van der Waals surface area contributed by atoms with Gasteiger partial charge in [0.1, 0.15) is 5.60 Å². The lowest BCUT2D eigenvalue weighted by Crippen LogP contribution is -2.39. The van der Waals surface area contributed by atoms with Crippen molar-refractivity contribution in [1.82, 2.24) is 4.90 Å². The van der Waals surface area contributed by atoms with Gasteiger partial charge in [-0.25, -0.2) is 4.79 Å². The minimum absolute atomic E-state index is 0.208. The zero-order valence-electron chi connectivity index (χ0n) is 18.2. The Balaban J connectivity index is 1.61. The molecule has 2 N–H and O–H groups in total. The first kappa shape index (κ1) is 23.4. The highest BCUT2D eigenvalue weighted by Crippen LogP contribution is 2.34. The SMILES string of the molecule is CC(C)(C)OC(=O)N1CCc2ccc(NCC(=O)Nc3ccccc3C(F)(F)F)cc2C1. The van der Waals surface area contributed by atoms with Gasteiger partial charge in [-0.3, -0.25) is 4.79 Å². The molecule has 9 heteroatoms. The van der Waals surface area contributed by atoms with Crippen LogP contribution in [0.3, 0.4) is 0 Å². The van der Waals surface area contributed by atoms with Crippen LogP contribution >= 0.6 is 0 Å². The molecule has 6 nitrogen and oxygen atoms in total. The van der Waals surface area contributed by atoms with E-state index in [1.165, 1.54) is 18.2 Å². The summed E-state index contributed by atoms with van der Waals surface area (Å²) < 4.78 is 44.7. The number of carbonyl (C=O) groups excluding carboxylic acids is 2. The van der Waals surface area contributed by atoms with E-state index in [1.807, 2.05) is 32.9 Å². The monoisotopic (exact) mass is 449 g/mol. The summed E-state index contributed by atoms with van der Waals surface area (Å²) >= 11 is 0. The molecule has 0 saturated carbocycles. The normalized spacial score (nSPS) is 13.9. The molecule has 0 radical (unpaired) electrons. The van der Waals surface area contributed by atoms with Crippen molar-refractivity contribution in [2.45, 2.75) is 45.5 Å². The second-order valence-electron chi connectivity index (χ2n) is 8.58. The molecule has 2 amide bonds. The summed E-state index contributed by atoms with van der Waals surface area (Å²) in [6.07, 6.45) is -4.26. The van der Waals surface area contributed by atoms with Crippen molar-refractivity contribution in [3.05, 3.63) is 59.2 Å². The molecule has 0 saturated heterocycles. The van der Waals surface area contributed by atoms with Gasteiger partial charge in [-0.05, 0) is 62.6 Å². The van der Waals surface area contributed by atoms with Gasteiger partial charge < -0.3 is 20.3 Å². The molecular weight excluding hydrogens is 423 g/mol. The lowest BCUT2D eigenvalue weighted by Gasteiger charge is -2.31. The molecule has 3 rings (SSSR count). The van der Waals surface area contributed by atoms with Crippen molar-refractivity contribution in [3.8, 4) is 0 Å². The summed E-state index contributed by atoms with van der Waals surface area (Å²) in [4.78, 5) is 26.2. The zero-order valence-corrected chi connectivity index (χ0v) is 18.2. The molecule has 0 spiro atoms. The van der Waals surface area contributed by atoms with Crippen LogP contribution in [0.25, 0.3) is 0 Å². The Morgan fingerprint density at radius 1 is 1.06 bits per heavy atom. The maximum absolute atomic E-state index is 13.1. The van der Waals surface area contributed by atoms with Crippen molar-refractivity contribution in [2.75, 3.05) is 23.7 Å². The largest absolute Gasteiger partial charge is 0.444 e. The van der Waals surface area contributed by atoms with Crippen LogP contribution in [-0.2, 0) is 28.7 Å². The maximum atomic E-state index is 13.1. The number of para-hydroxylation sites is 1. The Kier molecular flexibility index (Phi) is 6.66. The minimum Gasteiger partial charge on any atom is -0.444 e. The summed E-state index contributed by atoms with van der Waals surface area (Å²) in [5.74, 6) is -0.602. The number of nitrogens with one attached hydrogen (secondary N) is 2. The number of hydrogen-bond acceptors (Lipinski definition) is 4. The molecule has 0 unspecified atom stereocenters. The van der Waals surface area contributed by atoms with Crippen LogP contribution in [0, 0.1) is 0 Å². The molecule has 0 fully saturated rings. The summed E-state index contributed by atoms with van der Waals surface area (Å²) in [5.41, 5.74) is 0.885. The smallest absolute Gasteiger partial charge is 0.418 e. The molecule has 32 heavy (non-hydrogen) atoms. The third-order valence-electron chi connectivity index (χ3n) is 4.83. The van der Waals surface area contributed by atoms with Crippen LogP contribution in [0.1, 0.15) is 37.5 Å². The second-order valence-corrected chi connectivity index (χ2v) is 8.58. The lowest BCUT2D eigenvalue weighted by molar-refractivity contribution is -0.137. The number of anilines is 2. The fraction of sp³-hybridized carbons (Fsp3) is 0.391. The van der Waals surface area contributed by atoms with E-state index in [9.17, 15) is 22.8 Å². The van der Waals surface area contributed by atoms with Crippen LogP contribution in [0.15, 0.2) is 42.5 Å². The number of hydrogen-bond donors (Lipinski definition) is 2. The van der Waals surface area contributed by atoms with Crippen molar-refractivity contribution in [1.29, 1.82) is 0 Å². The van der Waals surface area contributed by atoms with Gasteiger partial charge >= 0.3 is 12.3 Å². The first-order chi connectivity index (χ1) is 14.9. The Bertz CT molecular complexity index is 1000. The average Bonchev–Trinajstić information content (AvgIpc) is 2.70. The maximum Gasteiger partial charge on any atom is 0.418 e. The molecule has 2 aromatic rings. The number of nitrogens with zero attached hydrogens (tertiary/aromatic N) is 1. The van der Waals surface area contributed by atoms with Crippen molar-refractivity contribution in [2.24, 2.45) is 0 Å². The summed E-state index contributed by atoms with van der Waals surface area (Å²) in [7, 11) is 0. The second kappa shape index (κ2) is 9.10. The molecule has 1 aliphatic heterocycles. The number of rotatable bonds is 4. The van der Waals surface area contributed by atoms with Crippen LogP contribution in [0.2, 0.25) is 0 Å². The van der Waals surface area contributed by atoms with Gasteiger partial charge in [-0.1, -0.05) is 18.2 Å². The predicted octanol–water partition coefficient (Wildman–Crippen LogP) is 5.05. The van der Waals surface area contributed by atoms with Crippen molar-refractivity contribution >= 4 is 23.4 Å². The molecular formula is C23H26F3N3O3. The number of carbonyl (C=O) groups is 2. The van der Waals surface area contributed by atoms with E-state index in [2.05, 4.69) is 10.6 Å². The molecule has 0 aromatic heterocycles. The van der Waals surface area contributed by atoms with Gasteiger partial charge in [0.25, 0.3) is 0 Å².